The average Bonchev–Trinajstić information content (AvgIpc) is 2.63. The zero-order chi connectivity index (χ0) is 21.6. The second-order valence-corrected chi connectivity index (χ2v) is 8.56. The van der Waals surface area contributed by atoms with Gasteiger partial charge in [-0.15, -0.1) is 0 Å². The summed E-state index contributed by atoms with van der Waals surface area (Å²) in [5.74, 6) is 0.331. The number of dihydropyridines is 1. The molecule has 1 aromatic heterocycles. The molecule has 1 atom stereocenters. The quantitative estimate of drug-likeness (QED) is 0.781. The lowest BCUT2D eigenvalue weighted by Crippen LogP contribution is -2.31. The number of ketones is 2. The van der Waals surface area contributed by atoms with E-state index in [4.69, 9.17) is 4.42 Å². The Morgan fingerprint density at radius 3 is 2.43 bits per heavy atom. The molecule has 5 heteroatoms. The van der Waals surface area contributed by atoms with Crippen LogP contribution in [0.25, 0.3) is 11.0 Å². The molecule has 2 heterocycles. The van der Waals surface area contributed by atoms with Crippen LogP contribution in [0.4, 0.5) is 0 Å². The highest BCUT2D eigenvalue weighted by Gasteiger charge is 2.37. The van der Waals surface area contributed by atoms with Gasteiger partial charge in [-0.1, -0.05) is 31.4 Å². The zero-order valence-electron chi connectivity index (χ0n) is 17.9. The van der Waals surface area contributed by atoms with Crippen LogP contribution in [-0.4, -0.2) is 11.6 Å². The normalized spacial score (nSPS) is 19.7. The van der Waals surface area contributed by atoms with Crippen LogP contribution in [0, 0.1) is 12.8 Å². The van der Waals surface area contributed by atoms with Gasteiger partial charge in [-0.2, -0.15) is 0 Å². The van der Waals surface area contributed by atoms with Crippen molar-refractivity contribution in [2.45, 2.75) is 59.3 Å². The first-order valence-electron chi connectivity index (χ1n) is 10.5. The van der Waals surface area contributed by atoms with Gasteiger partial charge < -0.3 is 9.73 Å². The molecule has 1 N–H and O–H groups in total. The molecule has 2 aliphatic rings. The molecule has 0 amide bonds. The van der Waals surface area contributed by atoms with Crippen LogP contribution in [0.2, 0.25) is 0 Å². The predicted octanol–water partition coefficient (Wildman–Crippen LogP) is 4.68. The molecule has 0 bridgehead atoms. The summed E-state index contributed by atoms with van der Waals surface area (Å²) in [5.41, 5.74) is 3.66. The summed E-state index contributed by atoms with van der Waals surface area (Å²) in [6.45, 7) is 6.99. The lowest BCUT2D eigenvalue weighted by Gasteiger charge is -2.33. The Labute approximate surface area is 175 Å². The molecule has 1 fully saturated rings. The maximum Gasteiger partial charge on any atom is 0.192 e. The fourth-order valence-corrected chi connectivity index (χ4v) is 4.75. The van der Waals surface area contributed by atoms with Gasteiger partial charge in [-0.05, 0) is 39.7 Å². The molecule has 0 unspecified atom stereocenters. The molecule has 5 nitrogen and oxygen atoms in total. The van der Waals surface area contributed by atoms with E-state index in [0.29, 0.717) is 45.8 Å². The molecule has 1 aliphatic carbocycles. The van der Waals surface area contributed by atoms with E-state index in [2.05, 4.69) is 5.32 Å². The molecule has 0 saturated heterocycles. The van der Waals surface area contributed by atoms with Crippen LogP contribution >= 0.6 is 0 Å². The number of hydrogen-bond donors (Lipinski definition) is 1. The summed E-state index contributed by atoms with van der Waals surface area (Å²) >= 11 is 0. The third-order valence-corrected chi connectivity index (χ3v) is 6.36. The molecule has 0 radical (unpaired) electrons. The summed E-state index contributed by atoms with van der Waals surface area (Å²) in [6, 6.07) is 6.84. The third kappa shape index (κ3) is 3.42. The van der Waals surface area contributed by atoms with Crippen molar-refractivity contribution >= 4 is 22.5 Å². The van der Waals surface area contributed by atoms with Gasteiger partial charge in [0.1, 0.15) is 11.3 Å². The Morgan fingerprint density at radius 2 is 1.80 bits per heavy atom. The first kappa shape index (κ1) is 20.3. The molecular formula is C25H27NO4. The van der Waals surface area contributed by atoms with E-state index in [1.54, 1.807) is 19.1 Å². The molecule has 1 aromatic carbocycles. The fourth-order valence-electron chi connectivity index (χ4n) is 4.75. The van der Waals surface area contributed by atoms with Crippen molar-refractivity contribution in [3.8, 4) is 0 Å². The van der Waals surface area contributed by atoms with E-state index >= 15 is 0 Å². The van der Waals surface area contributed by atoms with Crippen molar-refractivity contribution in [2.24, 2.45) is 5.92 Å². The van der Waals surface area contributed by atoms with Gasteiger partial charge in [0.15, 0.2) is 17.0 Å². The third-order valence-electron chi connectivity index (χ3n) is 6.36. The minimum atomic E-state index is -0.551. The van der Waals surface area contributed by atoms with Crippen molar-refractivity contribution in [3.63, 3.8) is 0 Å². The monoisotopic (exact) mass is 405 g/mol. The maximum absolute atomic E-state index is 13.4. The molecule has 2 aromatic rings. The van der Waals surface area contributed by atoms with Gasteiger partial charge in [0.2, 0.25) is 0 Å². The maximum atomic E-state index is 13.4. The van der Waals surface area contributed by atoms with Gasteiger partial charge in [-0.25, -0.2) is 0 Å². The van der Waals surface area contributed by atoms with Crippen LogP contribution < -0.4 is 10.7 Å². The van der Waals surface area contributed by atoms with Gasteiger partial charge in [0, 0.05) is 46.5 Å². The van der Waals surface area contributed by atoms with E-state index < -0.39 is 5.92 Å². The standard InChI is InChI=1S/C25H27NO4/c1-13-11-20(28)18-9-6-10-19(25(18)30-13)24-22(16(4)27)14(2)26-15(3)23(24)21(29)12-17-7-5-8-17/h6,9-11,17,24,26H,5,7-8,12H2,1-4H3/t24-/m1/s1. The fraction of sp³-hybridized carbons (Fsp3) is 0.400. The Bertz CT molecular complexity index is 1180. The van der Waals surface area contributed by atoms with Gasteiger partial charge in [0.25, 0.3) is 0 Å². The number of carbonyl (C=O) groups excluding carboxylic acids is 2. The Morgan fingerprint density at radius 1 is 1.10 bits per heavy atom. The van der Waals surface area contributed by atoms with E-state index in [9.17, 15) is 14.4 Å². The second kappa shape index (κ2) is 7.71. The van der Waals surface area contributed by atoms with Gasteiger partial charge in [0.05, 0.1) is 5.39 Å². The number of nitrogens with one attached hydrogen (secondary N) is 1. The average molecular weight is 405 g/mol. The summed E-state index contributed by atoms with van der Waals surface area (Å²) in [5, 5.41) is 3.71. The van der Waals surface area contributed by atoms with Gasteiger partial charge in [-0.3, -0.25) is 14.4 Å². The number of aryl methyl sites for hydroxylation is 1. The van der Waals surface area contributed by atoms with Crippen LogP contribution in [0.15, 0.2) is 56.0 Å². The predicted molar refractivity (Wildman–Crippen MR) is 116 cm³/mol. The molecule has 156 valence electrons. The minimum Gasteiger partial charge on any atom is -0.461 e. The van der Waals surface area contributed by atoms with Crippen molar-refractivity contribution < 1.29 is 14.0 Å². The highest BCUT2D eigenvalue weighted by Crippen LogP contribution is 2.43. The SMILES string of the molecule is CC(=O)C1=C(C)NC(C)=C(C(=O)CC2CCC2)[C@@H]1c1cccc2c(=O)cc(C)oc12. The van der Waals surface area contributed by atoms with E-state index in [1.807, 2.05) is 19.9 Å². The van der Waals surface area contributed by atoms with Crippen molar-refractivity contribution in [1.82, 2.24) is 5.32 Å². The summed E-state index contributed by atoms with van der Waals surface area (Å²) < 4.78 is 5.98. The molecule has 0 spiro atoms. The Hall–Kier alpha value is -2.95. The Kier molecular flexibility index (Phi) is 5.22. The van der Waals surface area contributed by atoms with Crippen molar-refractivity contribution in [1.29, 1.82) is 0 Å². The van der Waals surface area contributed by atoms with Crippen molar-refractivity contribution in [2.75, 3.05) is 0 Å². The van der Waals surface area contributed by atoms with E-state index in [1.165, 1.54) is 19.4 Å². The number of para-hydroxylation sites is 1. The number of carbonyl (C=O) groups is 2. The van der Waals surface area contributed by atoms with Crippen LogP contribution in [0.5, 0.6) is 0 Å². The summed E-state index contributed by atoms with van der Waals surface area (Å²) in [7, 11) is 0. The molecule has 30 heavy (non-hydrogen) atoms. The number of Topliss-reactive ketones (excluding diaryl/α,β-unsaturated/α-hetero) is 2. The molecule has 1 saturated carbocycles. The zero-order valence-corrected chi connectivity index (χ0v) is 17.9. The number of rotatable bonds is 5. The minimum absolute atomic E-state index is 0.0629. The van der Waals surface area contributed by atoms with Crippen LogP contribution in [-0.2, 0) is 9.59 Å². The van der Waals surface area contributed by atoms with Gasteiger partial charge >= 0.3 is 0 Å². The van der Waals surface area contributed by atoms with Crippen LogP contribution in [0.3, 0.4) is 0 Å². The lowest BCUT2D eigenvalue weighted by molar-refractivity contribution is -0.117. The highest BCUT2D eigenvalue weighted by molar-refractivity contribution is 6.05. The summed E-state index contributed by atoms with van der Waals surface area (Å²) in [6.07, 6.45) is 3.81. The number of fused-ring (bicyclic) bond motifs is 1. The first-order chi connectivity index (χ1) is 14.3. The number of benzene rings is 1. The largest absolute Gasteiger partial charge is 0.461 e. The topological polar surface area (TPSA) is 76.4 Å². The van der Waals surface area contributed by atoms with E-state index in [0.717, 1.165) is 24.2 Å². The second-order valence-electron chi connectivity index (χ2n) is 8.56. The van der Waals surface area contributed by atoms with Crippen LogP contribution in [0.1, 0.15) is 63.7 Å². The Balaban J connectivity index is 1.95. The number of allylic oxidation sites excluding steroid dienone is 4. The number of hydrogen-bond acceptors (Lipinski definition) is 5. The lowest BCUT2D eigenvalue weighted by atomic mass is 9.73. The molecule has 1 aliphatic heterocycles. The first-order valence-corrected chi connectivity index (χ1v) is 10.5. The van der Waals surface area contributed by atoms with E-state index in [-0.39, 0.29) is 17.0 Å². The highest BCUT2D eigenvalue weighted by atomic mass is 16.3. The summed E-state index contributed by atoms with van der Waals surface area (Å²) in [4.78, 5) is 38.7. The van der Waals surface area contributed by atoms with Crippen molar-refractivity contribution in [3.05, 3.63) is 68.4 Å². The molecule has 4 rings (SSSR count). The smallest absolute Gasteiger partial charge is 0.192 e. The molecular weight excluding hydrogens is 378 g/mol.